The Balaban J connectivity index is -0.000000228. The van der Waals surface area contributed by atoms with Gasteiger partial charge in [-0.1, -0.05) is 71.1 Å². The number of carboxylic acid groups (broad SMARTS) is 7. The lowest BCUT2D eigenvalue weighted by Gasteiger charge is -2.13. The first-order valence-electron chi connectivity index (χ1n) is 27.6. The molecule has 0 heterocycles. The molecule has 0 aromatic heterocycles. The normalized spacial score (nSPS) is 12.0. The Bertz CT molecular complexity index is 1730. The van der Waals surface area contributed by atoms with Gasteiger partial charge in [0, 0.05) is 45.6 Å². The molecular formula is C49H105N21O15. The van der Waals surface area contributed by atoms with E-state index in [0.717, 1.165) is 19.3 Å². The number of carbonyl (C=O) groups is 8. The van der Waals surface area contributed by atoms with Gasteiger partial charge in [-0.15, -0.1) is 0 Å². The van der Waals surface area contributed by atoms with E-state index in [4.69, 9.17) is 122 Å². The van der Waals surface area contributed by atoms with Crippen molar-refractivity contribution in [3.8, 4) is 0 Å². The Labute approximate surface area is 496 Å². The average molecular weight is 1230 g/mol. The fourth-order valence-electron chi connectivity index (χ4n) is 5.96. The second-order valence-electron chi connectivity index (χ2n) is 18.6. The molecule has 0 saturated carbocycles. The summed E-state index contributed by atoms with van der Waals surface area (Å²) in [6.45, 7) is 4.32. The van der Waals surface area contributed by atoms with Crippen molar-refractivity contribution in [3.63, 3.8) is 0 Å². The first-order chi connectivity index (χ1) is 39.7. The highest BCUT2D eigenvalue weighted by Crippen LogP contribution is 2.12. The number of rotatable bonds is 42. The van der Waals surface area contributed by atoms with Crippen molar-refractivity contribution >= 4 is 77.5 Å². The van der Waals surface area contributed by atoms with Crippen LogP contribution < -0.4 is 91.3 Å². The van der Waals surface area contributed by atoms with Gasteiger partial charge in [-0.05, 0) is 77.0 Å². The van der Waals surface area contributed by atoms with Crippen LogP contribution in [0.1, 0.15) is 161 Å². The van der Waals surface area contributed by atoms with Gasteiger partial charge in [0.2, 0.25) is 5.91 Å². The SMILES string of the molecule is CCCCCCCCCCCCCC(=O)N[C@@H](CCC(=O)O)C(=O)O.NC(N)=NCCC[C@H](N)C(=O)O.NC(N)=NCCC[C@H](N)C(=O)O.NC(N)=NCCC[C@H](N)C(=O)O.NC(N)=NCCC[C@H](N)C(=O)O.NC(N)=NCCC[C@H](N)C(=O)O. The van der Waals surface area contributed by atoms with Gasteiger partial charge in [-0.2, -0.15) is 0 Å². The van der Waals surface area contributed by atoms with E-state index in [1.807, 2.05) is 0 Å². The van der Waals surface area contributed by atoms with Crippen molar-refractivity contribution in [2.75, 3.05) is 32.7 Å². The maximum absolute atomic E-state index is 11.7. The summed E-state index contributed by atoms with van der Waals surface area (Å²) in [5.74, 6) is -7.50. The summed E-state index contributed by atoms with van der Waals surface area (Å²) in [7, 11) is 0. The maximum atomic E-state index is 11.7. The minimum Gasteiger partial charge on any atom is -0.481 e. The molecule has 36 heteroatoms. The Morgan fingerprint density at radius 1 is 0.318 bits per heavy atom. The number of aliphatic imine (C=N–C) groups is 5. The zero-order chi connectivity index (χ0) is 66.7. The Hall–Kier alpha value is -8.09. The van der Waals surface area contributed by atoms with E-state index in [0.29, 0.717) is 103 Å². The van der Waals surface area contributed by atoms with E-state index >= 15 is 0 Å². The third-order valence-corrected chi connectivity index (χ3v) is 10.7. The second kappa shape index (κ2) is 60.5. The zero-order valence-corrected chi connectivity index (χ0v) is 49.3. The van der Waals surface area contributed by atoms with Crippen molar-refractivity contribution in [3.05, 3.63) is 0 Å². The summed E-state index contributed by atoms with van der Waals surface area (Å²) in [4.78, 5) is 103. The molecule has 0 aliphatic rings. The summed E-state index contributed by atoms with van der Waals surface area (Å²) in [6.07, 6.45) is 17.9. The molecule has 0 unspecified atom stereocenters. The van der Waals surface area contributed by atoms with Crippen molar-refractivity contribution in [2.24, 2.45) is 111 Å². The lowest BCUT2D eigenvalue weighted by Crippen LogP contribution is -2.41. The highest BCUT2D eigenvalue weighted by atomic mass is 16.4. The molecule has 0 aliphatic heterocycles. The van der Waals surface area contributed by atoms with Crippen LogP contribution in [-0.4, -0.2) is 182 Å². The number of nitrogens with zero attached hydrogens (tertiary/aromatic N) is 5. The lowest BCUT2D eigenvalue weighted by atomic mass is 10.0. The predicted molar refractivity (Wildman–Crippen MR) is 325 cm³/mol. The average Bonchev–Trinajstić information content (AvgIpc) is 3.41. The van der Waals surface area contributed by atoms with E-state index < -0.39 is 78.0 Å². The molecule has 0 saturated heterocycles. The van der Waals surface area contributed by atoms with Gasteiger partial charge < -0.3 is 127 Å². The number of carboxylic acids is 7. The second-order valence-corrected chi connectivity index (χ2v) is 18.6. The zero-order valence-electron chi connectivity index (χ0n) is 49.3. The fraction of sp³-hybridized carbons (Fsp3) is 0.735. The molecule has 0 bridgehead atoms. The standard InChI is InChI=1S/C19H35NO5.5C6H14N4O2/c1-2-3-4-5-6-7-8-9-10-11-12-13-17(21)20-16(19(24)25)14-15-18(22)23;5*7-4(5(11)12)2-1-3-10-6(8)9/h16H,2-15H2,1H3,(H,20,21)(H,22,23)(H,24,25);5*4H,1-3,7H2,(H,11,12)(H4,8,9,10)/t16-;5*4-/m000000/s1. The smallest absolute Gasteiger partial charge is 0.326 e. The summed E-state index contributed by atoms with van der Waals surface area (Å²) in [5.41, 5.74) is 76.6. The molecule has 38 N–H and O–H groups in total. The van der Waals surface area contributed by atoms with Gasteiger partial charge in [0.25, 0.3) is 0 Å². The van der Waals surface area contributed by atoms with Gasteiger partial charge in [0.05, 0.1) is 0 Å². The molecule has 36 nitrogen and oxygen atoms in total. The molecule has 0 rings (SSSR count). The van der Waals surface area contributed by atoms with Gasteiger partial charge >= 0.3 is 41.8 Å². The Morgan fingerprint density at radius 3 is 0.729 bits per heavy atom. The van der Waals surface area contributed by atoms with E-state index in [1.54, 1.807) is 0 Å². The van der Waals surface area contributed by atoms with Crippen LogP contribution in [0.25, 0.3) is 0 Å². The molecule has 85 heavy (non-hydrogen) atoms. The minimum atomic E-state index is -1.19. The van der Waals surface area contributed by atoms with Crippen LogP contribution in [0.15, 0.2) is 25.0 Å². The number of hydrogen-bond donors (Lipinski definition) is 23. The molecule has 0 fully saturated rings. The van der Waals surface area contributed by atoms with Gasteiger partial charge in [-0.3, -0.25) is 58.5 Å². The number of guanidine groups is 5. The van der Waals surface area contributed by atoms with Crippen molar-refractivity contribution < 1.29 is 74.1 Å². The quantitative estimate of drug-likeness (QED) is 0.0159. The highest BCUT2D eigenvalue weighted by Gasteiger charge is 2.21. The summed E-state index contributed by atoms with van der Waals surface area (Å²) in [5, 5.41) is 61.9. The van der Waals surface area contributed by atoms with Crippen LogP contribution in [0.5, 0.6) is 0 Å². The number of nitrogens with one attached hydrogen (secondary N) is 1. The van der Waals surface area contributed by atoms with Gasteiger partial charge in [0.15, 0.2) is 29.8 Å². The number of unbranched alkanes of at least 4 members (excludes halogenated alkanes) is 10. The van der Waals surface area contributed by atoms with E-state index in [-0.39, 0.29) is 48.5 Å². The topological polar surface area (TPSA) is 742 Å². The molecule has 1 amide bonds. The van der Waals surface area contributed by atoms with Gasteiger partial charge in [0.1, 0.15) is 36.3 Å². The van der Waals surface area contributed by atoms with Crippen molar-refractivity contribution in [1.82, 2.24) is 5.32 Å². The molecule has 0 aliphatic carbocycles. The maximum Gasteiger partial charge on any atom is 0.326 e. The van der Waals surface area contributed by atoms with Gasteiger partial charge in [-0.25, -0.2) is 4.79 Å². The predicted octanol–water partition coefficient (Wildman–Crippen LogP) is -3.62. The largest absolute Gasteiger partial charge is 0.481 e. The van der Waals surface area contributed by atoms with Crippen molar-refractivity contribution in [2.45, 2.75) is 197 Å². The third-order valence-electron chi connectivity index (χ3n) is 10.7. The Kier molecular flexibility index (Phi) is 62.7. The first kappa shape index (κ1) is 88.1. The monoisotopic (exact) mass is 1230 g/mol. The highest BCUT2D eigenvalue weighted by molar-refractivity contribution is 5.84. The van der Waals surface area contributed by atoms with E-state index in [9.17, 15) is 38.4 Å². The Morgan fingerprint density at radius 2 is 0.541 bits per heavy atom. The van der Waals surface area contributed by atoms with E-state index in [2.05, 4.69) is 37.2 Å². The molecule has 0 aromatic rings. The van der Waals surface area contributed by atoms with Crippen LogP contribution in [0.2, 0.25) is 0 Å². The molecule has 0 spiro atoms. The van der Waals surface area contributed by atoms with Crippen LogP contribution in [0.3, 0.4) is 0 Å². The first-order valence-corrected chi connectivity index (χ1v) is 27.6. The summed E-state index contributed by atoms with van der Waals surface area (Å²) in [6, 6.07) is -5.22. The molecule has 0 radical (unpaired) electrons. The lowest BCUT2D eigenvalue weighted by molar-refractivity contribution is -0.143. The number of carbonyl (C=O) groups excluding carboxylic acids is 1. The van der Waals surface area contributed by atoms with E-state index in [1.165, 1.54) is 51.4 Å². The van der Waals surface area contributed by atoms with Crippen LogP contribution in [0, 0.1) is 0 Å². The molecule has 6 atom stereocenters. The van der Waals surface area contributed by atoms with Crippen LogP contribution in [0.4, 0.5) is 0 Å². The molecular weight excluding hydrogens is 1120 g/mol. The third kappa shape index (κ3) is 78.0. The fourth-order valence-corrected chi connectivity index (χ4v) is 5.96. The summed E-state index contributed by atoms with van der Waals surface area (Å²) >= 11 is 0. The van der Waals surface area contributed by atoms with Crippen LogP contribution >= 0.6 is 0 Å². The molecule has 496 valence electrons. The van der Waals surface area contributed by atoms with Crippen molar-refractivity contribution in [1.29, 1.82) is 0 Å². The number of amides is 1. The van der Waals surface area contributed by atoms with Crippen LogP contribution in [-0.2, 0) is 38.4 Å². The molecule has 0 aromatic carbocycles. The number of aliphatic carboxylic acids is 7. The minimum absolute atomic E-state index is 0.0129. The summed E-state index contributed by atoms with van der Waals surface area (Å²) < 4.78 is 0. The number of nitrogens with two attached hydrogens (primary N) is 15. The number of hydrogen-bond acceptors (Lipinski definition) is 18.